The van der Waals surface area contributed by atoms with Gasteiger partial charge in [-0.3, -0.25) is 0 Å². The van der Waals surface area contributed by atoms with E-state index in [1.54, 1.807) is 21.0 Å². The molecule has 4 rings (SSSR count). The average molecular weight is 282 g/mol. The lowest BCUT2D eigenvalue weighted by molar-refractivity contribution is 0.611. The predicted octanol–water partition coefficient (Wildman–Crippen LogP) is 6.17. The minimum Gasteiger partial charge on any atom is -0.0990 e. The van der Waals surface area contributed by atoms with Crippen LogP contribution in [-0.4, -0.2) is 0 Å². The molecule has 1 aliphatic heterocycles. The molecule has 0 saturated carbocycles. The van der Waals surface area contributed by atoms with Gasteiger partial charge in [0.25, 0.3) is 0 Å². The third kappa shape index (κ3) is 2.16. The van der Waals surface area contributed by atoms with E-state index in [0.717, 1.165) is 0 Å². The van der Waals surface area contributed by atoms with Gasteiger partial charge in [-0.1, -0.05) is 42.1 Å². The number of hydrogen-bond acceptors (Lipinski definition) is 1. The van der Waals surface area contributed by atoms with Crippen LogP contribution in [0.3, 0.4) is 0 Å². The van der Waals surface area contributed by atoms with Crippen LogP contribution < -0.4 is 0 Å². The Bertz CT molecular complexity index is 533. The van der Waals surface area contributed by atoms with Gasteiger partial charge in [0.15, 0.2) is 0 Å². The van der Waals surface area contributed by atoms with Crippen molar-refractivity contribution in [2.75, 3.05) is 0 Å². The number of thioether (sulfide) groups is 1. The third-order valence-electron chi connectivity index (χ3n) is 4.99. The monoisotopic (exact) mass is 282 g/mol. The van der Waals surface area contributed by atoms with Crippen molar-refractivity contribution in [3.8, 4) is 0 Å². The maximum Gasteiger partial charge on any atom is 0.0279 e. The Hall–Kier alpha value is -0.950. The number of benzene rings is 1. The minimum absolute atomic E-state index is 0.628. The fraction of sp³-hybridized carbons (Fsp3) is 0.474. The zero-order valence-electron chi connectivity index (χ0n) is 12.0. The van der Waals surface area contributed by atoms with Crippen LogP contribution in [0.5, 0.6) is 0 Å². The first-order valence-corrected chi connectivity index (χ1v) is 8.92. The fourth-order valence-electron chi connectivity index (χ4n) is 4.05. The van der Waals surface area contributed by atoms with E-state index in [-0.39, 0.29) is 0 Å². The van der Waals surface area contributed by atoms with E-state index in [2.05, 4.69) is 42.1 Å². The molecule has 20 heavy (non-hydrogen) atoms. The van der Waals surface area contributed by atoms with Crippen LogP contribution in [0.4, 0.5) is 0 Å². The molecule has 0 spiro atoms. The quantitative estimate of drug-likeness (QED) is 0.593. The Morgan fingerprint density at radius 3 is 1.85 bits per heavy atom. The van der Waals surface area contributed by atoms with E-state index in [1.165, 1.54) is 56.9 Å². The molecule has 104 valence electrons. The van der Waals surface area contributed by atoms with Gasteiger partial charge in [-0.25, -0.2) is 0 Å². The summed E-state index contributed by atoms with van der Waals surface area (Å²) in [5.74, 6) is 0.628. The van der Waals surface area contributed by atoms with Crippen LogP contribution in [0.15, 0.2) is 51.3 Å². The van der Waals surface area contributed by atoms with Crippen LogP contribution in [0, 0.1) is 0 Å². The summed E-state index contributed by atoms with van der Waals surface area (Å²) >= 11 is 2.16. The molecule has 0 saturated heterocycles. The number of rotatable bonds is 1. The number of allylic oxidation sites excluding steroid dienone is 4. The molecule has 0 fully saturated rings. The molecule has 0 aromatic heterocycles. The molecule has 2 aliphatic carbocycles. The van der Waals surface area contributed by atoms with E-state index in [1.807, 2.05) is 0 Å². The SMILES string of the molecule is c1ccc(C2C3=C(CCCC3)SC3=C2CCCC3)cc1. The molecule has 0 N–H and O–H groups in total. The van der Waals surface area contributed by atoms with Gasteiger partial charge in [-0.15, -0.1) is 0 Å². The molecule has 0 nitrogen and oxygen atoms in total. The molecule has 0 unspecified atom stereocenters. The molecule has 1 aromatic carbocycles. The van der Waals surface area contributed by atoms with Gasteiger partial charge >= 0.3 is 0 Å². The van der Waals surface area contributed by atoms with Crippen molar-refractivity contribution in [3.05, 3.63) is 56.9 Å². The molecule has 3 aliphatic rings. The van der Waals surface area contributed by atoms with Gasteiger partial charge in [0.1, 0.15) is 0 Å². The summed E-state index contributed by atoms with van der Waals surface area (Å²) in [5, 5.41) is 0. The van der Waals surface area contributed by atoms with Crippen molar-refractivity contribution in [1.82, 2.24) is 0 Å². The van der Waals surface area contributed by atoms with Crippen LogP contribution in [0.25, 0.3) is 0 Å². The number of hydrogen-bond donors (Lipinski definition) is 0. The van der Waals surface area contributed by atoms with Gasteiger partial charge in [-0.2, -0.15) is 0 Å². The van der Waals surface area contributed by atoms with E-state index < -0.39 is 0 Å². The summed E-state index contributed by atoms with van der Waals surface area (Å²) in [5.41, 5.74) is 5.08. The largest absolute Gasteiger partial charge is 0.0990 e. The van der Waals surface area contributed by atoms with Crippen molar-refractivity contribution in [2.45, 2.75) is 57.3 Å². The highest BCUT2D eigenvalue weighted by Crippen LogP contribution is 2.55. The van der Waals surface area contributed by atoms with Crippen LogP contribution >= 0.6 is 11.8 Å². The molecule has 0 amide bonds. The summed E-state index contributed by atoms with van der Waals surface area (Å²) < 4.78 is 0. The summed E-state index contributed by atoms with van der Waals surface area (Å²) in [7, 11) is 0. The first-order chi connectivity index (χ1) is 9.93. The third-order valence-corrected chi connectivity index (χ3v) is 6.42. The van der Waals surface area contributed by atoms with Crippen molar-refractivity contribution in [2.24, 2.45) is 0 Å². The normalized spacial score (nSPS) is 23.6. The Labute approximate surface area is 126 Å². The molecule has 1 heteroatoms. The van der Waals surface area contributed by atoms with Gasteiger partial charge < -0.3 is 0 Å². The lowest BCUT2D eigenvalue weighted by Crippen LogP contribution is -2.17. The smallest absolute Gasteiger partial charge is 0.0279 e. The Kier molecular flexibility index (Phi) is 3.47. The standard InChI is InChI=1S/C19H22S/c1-2-8-14(9-3-1)19-15-10-4-6-12-17(15)20-18-13-7-5-11-16(18)19/h1-3,8-9,19H,4-7,10-13H2. The molecular weight excluding hydrogens is 260 g/mol. The molecule has 1 aromatic rings. The lowest BCUT2D eigenvalue weighted by atomic mass is 9.76. The Morgan fingerprint density at radius 2 is 1.25 bits per heavy atom. The molecule has 0 radical (unpaired) electrons. The average Bonchev–Trinajstić information content (AvgIpc) is 2.53. The van der Waals surface area contributed by atoms with Crippen molar-refractivity contribution in [3.63, 3.8) is 0 Å². The van der Waals surface area contributed by atoms with Crippen molar-refractivity contribution >= 4 is 11.8 Å². The van der Waals surface area contributed by atoms with Gasteiger partial charge in [0.05, 0.1) is 0 Å². The highest BCUT2D eigenvalue weighted by atomic mass is 32.2. The molecular formula is C19H22S. The van der Waals surface area contributed by atoms with Crippen molar-refractivity contribution < 1.29 is 0 Å². The highest BCUT2D eigenvalue weighted by Gasteiger charge is 2.33. The molecule has 1 heterocycles. The lowest BCUT2D eigenvalue weighted by Gasteiger charge is -2.37. The topological polar surface area (TPSA) is 0 Å². The van der Waals surface area contributed by atoms with E-state index in [4.69, 9.17) is 0 Å². The van der Waals surface area contributed by atoms with Crippen molar-refractivity contribution in [1.29, 1.82) is 0 Å². The Balaban J connectivity index is 1.82. The molecule has 0 atom stereocenters. The second-order valence-electron chi connectivity index (χ2n) is 6.26. The van der Waals surface area contributed by atoms with Crippen LogP contribution in [-0.2, 0) is 0 Å². The second-order valence-corrected chi connectivity index (χ2v) is 7.45. The van der Waals surface area contributed by atoms with Gasteiger partial charge in [0, 0.05) is 5.92 Å². The zero-order valence-corrected chi connectivity index (χ0v) is 12.8. The summed E-state index contributed by atoms with van der Waals surface area (Å²) in [6, 6.07) is 11.3. The predicted molar refractivity (Wildman–Crippen MR) is 87.8 cm³/mol. The highest BCUT2D eigenvalue weighted by molar-refractivity contribution is 8.06. The van der Waals surface area contributed by atoms with E-state index in [9.17, 15) is 0 Å². The van der Waals surface area contributed by atoms with Crippen LogP contribution in [0.2, 0.25) is 0 Å². The van der Waals surface area contributed by atoms with Gasteiger partial charge in [-0.05, 0) is 77.9 Å². The zero-order chi connectivity index (χ0) is 13.4. The summed E-state index contributed by atoms with van der Waals surface area (Å²) in [6.45, 7) is 0. The Morgan fingerprint density at radius 1 is 0.700 bits per heavy atom. The van der Waals surface area contributed by atoms with E-state index in [0.29, 0.717) is 5.92 Å². The minimum atomic E-state index is 0.628. The van der Waals surface area contributed by atoms with Crippen LogP contribution in [0.1, 0.15) is 62.8 Å². The first kappa shape index (κ1) is 12.8. The second kappa shape index (κ2) is 5.44. The first-order valence-electron chi connectivity index (χ1n) is 8.10. The van der Waals surface area contributed by atoms with Gasteiger partial charge in [0.2, 0.25) is 0 Å². The summed E-state index contributed by atoms with van der Waals surface area (Å²) in [6.07, 6.45) is 10.9. The summed E-state index contributed by atoms with van der Waals surface area (Å²) in [4.78, 5) is 3.46. The van der Waals surface area contributed by atoms with E-state index >= 15 is 0 Å². The molecule has 0 bridgehead atoms. The fourth-order valence-corrected chi connectivity index (χ4v) is 5.54. The maximum atomic E-state index is 2.35. The maximum absolute atomic E-state index is 2.35.